The molecule has 0 spiro atoms. The third-order valence-corrected chi connectivity index (χ3v) is 4.07. The Balaban J connectivity index is 2.28. The lowest BCUT2D eigenvalue weighted by molar-refractivity contribution is 0.0125. The lowest BCUT2D eigenvalue weighted by Crippen LogP contribution is -2.31. The normalized spacial score (nSPS) is 20.6. The zero-order valence-electron chi connectivity index (χ0n) is 12.2. The topological polar surface area (TPSA) is 57.8 Å². The van der Waals surface area contributed by atoms with E-state index in [1.807, 2.05) is 6.92 Å². The van der Waals surface area contributed by atoms with Crippen molar-refractivity contribution in [2.45, 2.75) is 19.2 Å². The number of nitrogens with zero attached hydrogens (tertiary/aromatic N) is 3. The molecule has 1 aliphatic rings. The molecule has 2 aromatic rings. The molecular formula is C16H13ClF2N3O. The Hall–Kier alpha value is -1.92. The number of rotatable bonds is 3. The monoisotopic (exact) mass is 336 g/mol. The van der Waals surface area contributed by atoms with Crippen molar-refractivity contribution in [3.05, 3.63) is 58.8 Å². The molecule has 1 unspecified atom stereocenters. The Morgan fingerprint density at radius 1 is 1.30 bits per heavy atom. The molecule has 0 fully saturated rings. The number of pyridine rings is 1. The fourth-order valence-corrected chi connectivity index (χ4v) is 2.63. The second-order valence-corrected chi connectivity index (χ2v) is 5.71. The third kappa shape index (κ3) is 2.62. The summed E-state index contributed by atoms with van der Waals surface area (Å²) in [6, 6.07) is 3.40. The van der Waals surface area contributed by atoms with Gasteiger partial charge in [-0.05, 0) is 31.0 Å². The Kier molecular flexibility index (Phi) is 3.90. The van der Waals surface area contributed by atoms with Crippen LogP contribution in [0.4, 0.5) is 8.78 Å². The van der Waals surface area contributed by atoms with Crippen LogP contribution >= 0.6 is 11.6 Å². The fourth-order valence-electron chi connectivity index (χ4n) is 2.38. The summed E-state index contributed by atoms with van der Waals surface area (Å²) in [6.07, 6.45) is 1.89. The van der Waals surface area contributed by atoms with Gasteiger partial charge in [-0.25, -0.2) is 23.7 Å². The molecule has 1 aromatic heterocycles. The van der Waals surface area contributed by atoms with E-state index in [0.717, 1.165) is 12.1 Å². The maximum absolute atomic E-state index is 13.5. The van der Waals surface area contributed by atoms with Gasteiger partial charge in [0.1, 0.15) is 5.36 Å². The molecule has 1 aliphatic heterocycles. The van der Waals surface area contributed by atoms with Crippen LogP contribution in [-0.2, 0) is 0 Å². The van der Waals surface area contributed by atoms with E-state index in [1.165, 1.54) is 12.3 Å². The number of halogens is 3. The van der Waals surface area contributed by atoms with Crippen LogP contribution < -0.4 is 10.8 Å². The van der Waals surface area contributed by atoms with Crippen molar-refractivity contribution in [3.63, 3.8) is 0 Å². The standard InChI is InChI=1S/C16H13ClF2N3O/c1-3-8(2)16(23)21-14-13(10(17)7-20-15(14)22-16)9-4-5-11(18)12(19)6-9/h4-8,23H,2-3H2,1H3/t8-,16?/m0/s1. The summed E-state index contributed by atoms with van der Waals surface area (Å²) in [5, 5.41) is 11.0. The highest BCUT2D eigenvalue weighted by Crippen LogP contribution is 2.28. The largest absolute Gasteiger partial charge is 0.351 e. The first-order valence-corrected chi connectivity index (χ1v) is 7.38. The van der Waals surface area contributed by atoms with Crippen molar-refractivity contribution >= 4 is 11.6 Å². The molecule has 1 radical (unpaired) electrons. The number of aromatic nitrogens is 1. The van der Waals surface area contributed by atoms with Crippen LogP contribution in [0.15, 0.2) is 34.4 Å². The highest BCUT2D eigenvalue weighted by Gasteiger charge is 2.35. The van der Waals surface area contributed by atoms with E-state index in [9.17, 15) is 13.9 Å². The van der Waals surface area contributed by atoms with Gasteiger partial charge in [-0.2, -0.15) is 0 Å². The van der Waals surface area contributed by atoms with Crippen LogP contribution in [0.25, 0.3) is 11.1 Å². The van der Waals surface area contributed by atoms with Gasteiger partial charge in [-0.3, -0.25) is 0 Å². The van der Waals surface area contributed by atoms with E-state index in [0.29, 0.717) is 17.5 Å². The Labute approximate surface area is 136 Å². The average molecular weight is 337 g/mol. The fraction of sp³-hybridized carbons (Fsp3) is 0.250. The quantitative estimate of drug-likeness (QED) is 0.936. The number of benzene rings is 1. The molecule has 23 heavy (non-hydrogen) atoms. The summed E-state index contributed by atoms with van der Waals surface area (Å²) in [5.74, 6) is -4.18. The molecular weight excluding hydrogens is 324 g/mol. The Morgan fingerprint density at radius 3 is 2.70 bits per heavy atom. The lowest BCUT2D eigenvalue weighted by atomic mass is 10.0. The number of fused-ring (bicyclic) bond motifs is 1. The molecule has 2 atom stereocenters. The zero-order valence-corrected chi connectivity index (χ0v) is 13.0. The minimum atomic E-state index is -1.73. The summed E-state index contributed by atoms with van der Waals surface area (Å²) in [4.78, 5) is 12.4. The van der Waals surface area contributed by atoms with E-state index in [4.69, 9.17) is 11.6 Å². The van der Waals surface area contributed by atoms with Gasteiger partial charge in [0.25, 0.3) is 5.85 Å². The van der Waals surface area contributed by atoms with Crippen LogP contribution in [-0.4, -0.2) is 15.9 Å². The molecule has 7 heteroatoms. The van der Waals surface area contributed by atoms with Crippen molar-refractivity contribution in [1.82, 2.24) is 4.98 Å². The Morgan fingerprint density at radius 2 is 2.04 bits per heavy atom. The molecule has 1 N–H and O–H groups in total. The highest BCUT2D eigenvalue weighted by atomic mass is 35.5. The third-order valence-electron chi connectivity index (χ3n) is 3.78. The van der Waals surface area contributed by atoms with Gasteiger partial charge in [0.15, 0.2) is 17.1 Å². The molecule has 0 amide bonds. The zero-order chi connectivity index (χ0) is 16.8. The maximum Gasteiger partial charge on any atom is 0.259 e. The van der Waals surface area contributed by atoms with E-state index >= 15 is 0 Å². The molecule has 0 aliphatic carbocycles. The first kappa shape index (κ1) is 16.0. The molecule has 0 saturated carbocycles. The van der Waals surface area contributed by atoms with Crippen LogP contribution in [0.3, 0.4) is 0 Å². The van der Waals surface area contributed by atoms with Gasteiger partial charge in [0.05, 0.1) is 5.02 Å². The highest BCUT2D eigenvalue weighted by molar-refractivity contribution is 6.33. The van der Waals surface area contributed by atoms with Crippen LogP contribution in [0.1, 0.15) is 13.3 Å². The number of aliphatic hydroxyl groups is 1. The van der Waals surface area contributed by atoms with Gasteiger partial charge in [0.2, 0.25) is 0 Å². The molecule has 0 saturated heterocycles. The van der Waals surface area contributed by atoms with Gasteiger partial charge >= 0.3 is 0 Å². The van der Waals surface area contributed by atoms with E-state index < -0.39 is 23.4 Å². The van der Waals surface area contributed by atoms with Gasteiger partial charge < -0.3 is 5.11 Å². The molecule has 4 nitrogen and oxygen atoms in total. The second kappa shape index (κ2) is 5.62. The lowest BCUT2D eigenvalue weighted by Gasteiger charge is -2.21. The number of hydrogen-bond acceptors (Lipinski definition) is 4. The summed E-state index contributed by atoms with van der Waals surface area (Å²) in [5.41, 5.74) is 0.866. The summed E-state index contributed by atoms with van der Waals surface area (Å²) in [7, 11) is 0. The van der Waals surface area contributed by atoms with E-state index in [2.05, 4.69) is 21.9 Å². The predicted octanol–water partition coefficient (Wildman–Crippen LogP) is 2.44. The molecule has 0 bridgehead atoms. The molecule has 1 aromatic carbocycles. The SMILES string of the molecule is [CH2][C@@H](CC)C1(O)N=c2ncc(Cl)c(-c3ccc(F)c(F)c3)c2=N1. The summed E-state index contributed by atoms with van der Waals surface area (Å²) in [6.45, 7) is 5.68. The van der Waals surface area contributed by atoms with Crippen LogP contribution in [0, 0.1) is 24.5 Å². The van der Waals surface area contributed by atoms with Gasteiger partial charge in [-0.15, -0.1) is 0 Å². The van der Waals surface area contributed by atoms with Gasteiger partial charge in [-0.1, -0.05) is 24.6 Å². The van der Waals surface area contributed by atoms with Crippen molar-refractivity contribution in [2.75, 3.05) is 0 Å². The first-order valence-electron chi connectivity index (χ1n) is 7.01. The molecule has 2 heterocycles. The minimum absolute atomic E-state index is 0.193. The summed E-state index contributed by atoms with van der Waals surface area (Å²) >= 11 is 6.16. The van der Waals surface area contributed by atoms with Crippen molar-refractivity contribution in [3.8, 4) is 11.1 Å². The second-order valence-electron chi connectivity index (χ2n) is 5.30. The maximum atomic E-state index is 13.5. The minimum Gasteiger partial charge on any atom is -0.351 e. The van der Waals surface area contributed by atoms with Gasteiger partial charge in [0, 0.05) is 17.7 Å². The average Bonchev–Trinajstić information content (AvgIpc) is 2.87. The smallest absolute Gasteiger partial charge is 0.259 e. The molecule has 119 valence electrons. The predicted molar refractivity (Wildman–Crippen MR) is 81.0 cm³/mol. The van der Waals surface area contributed by atoms with E-state index in [-0.39, 0.29) is 15.9 Å². The Bertz CT molecular complexity index is 903. The first-order chi connectivity index (χ1) is 10.9. The van der Waals surface area contributed by atoms with Crippen LogP contribution in [0.5, 0.6) is 0 Å². The van der Waals surface area contributed by atoms with Crippen molar-refractivity contribution in [1.29, 1.82) is 0 Å². The van der Waals surface area contributed by atoms with E-state index in [1.54, 1.807) is 0 Å². The van der Waals surface area contributed by atoms with Crippen molar-refractivity contribution in [2.24, 2.45) is 15.9 Å². The number of hydrogen-bond donors (Lipinski definition) is 1. The van der Waals surface area contributed by atoms with Crippen molar-refractivity contribution < 1.29 is 13.9 Å². The van der Waals surface area contributed by atoms with Crippen LogP contribution in [0.2, 0.25) is 5.02 Å². The summed E-state index contributed by atoms with van der Waals surface area (Å²) < 4.78 is 26.7. The molecule has 3 rings (SSSR count).